The van der Waals surface area contributed by atoms with Crippen molar-refractivity contribution in [2.75, 3.05) is 20.3 Å². The minimum Gasteiger partial charge on any atom is -0.497 e. The molecule has 6 aromatic carbocycles. The van der Waals surface area contributed by atoms with Crippen molar-refractivity contribution >= 4 is 36.5 Å². The Labute approximate surface area is 377 Å². The first-order valence-corrected chi connectivity index (χ1v) is 20.8. The van der Waals surface area contributed by atoms with E-state index in [1.54, 1.807) is 43.5 Å². The number of halogens is 6. The second-order valence-electron chi connectivity index (χ2n) is 13.8. The molecule has 6 aromatic rings. The summed E-state index contributed by atoms with van der Waals surface area (Å²) in [7, 11) is 1.62. The second kappa shape index (κ2) is 28.6. The summed E-state index contributed by atoms with van der Waals surface area (Å²) < 4.78 is 101. The van der Waals surface area contributed by atoms with Crippen molar-refractivity contribution < 1.29 is 54.8 Å². The smallest absolute Gasteiger partial charge is 0.387 e. The fourth-order valence-corrected chi connectivity index (χ4v) is 5.48. The van der Waals surface area contributed by atoms with Crippen molar-refractivity contribution in [1.82, 2.24) is 0 Å². The molecule has 0 aliphatic rings. The van der Waals surface area contributed by atoms with E-state index in [-0.39, 0.29) is 17.2 Å². The Morgan fingerprint density at radius 1 is 0.338 bits per heavy atom. The Morgan fingerprint density at radius 3 is 0.815 bits per heavy atom. The Morgan fingerprint density at radius 2 is 0.585 bits per heavy atom. The average molecular weight is 899 g/mol. The molecule has 0 heterocycles. The van der Waals surface area contributed by atoms with Crippen LogP contribution in [-0.2, 0) is 0 Å². The molecule has 0 atom stereocenters. The maximum Gasteiger partial charge on any atom is 0.387 e. The summed E-state index contributed by atoms with van der Waals surface area (Å²) in [5.74, 6) is 2.99. The Balaban J connectivity index is 0.000000214. The van der Waals surface area contributed by atoms with Crippen LogP contribution in [0.3, 0.4) is 0 Å². The van der Waals surface area contributed by atoms with Gasteiger partial charge in [0.2, 0.25) is 0 Å². The molecule has 65 heavy (non-hydrogen) atoms. The van der Waals surface area contributed by atoms with Crippen molar-refractivity contribution in [3.8, 4) is 34.5 Å². The second-order valence-corrected chi connectivity index (χ2v) is 13.8. The van der Waals surface area contributed by atoms with Gasteiger partial charge in [0.1, 0.15) is 34.5 Å². The predicted octanol–water partition coefficient (Wildman–Crippen LogP) is 15.4. The molecule has 0 amide bonds. The van der Waals surface area contributed by atoms with E-state index in [0.29, 0.717) is 6.61 Å². The Kier molecular flexibility index (Phi) is 22.2. The van der Waals surface area contributed by atoms with Gasteiger partial charge in [-0.2, -0.15) is 26.3 Å². The lowest BCUT2D eigenvalue weighted by Gasteiger charge is -2.05. The molecule has 6 nitrogen and oxygen atoms in total. The van der Waals surface area contributed by atoms with E-state index in [1.807, 2.05) is 109 Å². The van der Waals surface area contributed by atoms with Gasteiger partial charge in [0.25, 0.3) is 0 Å². The molecule has 0 fully saturated rings. The molecule has 12 heteroatoms. The summed E-state index contributed by atoms with van der Waals surface area (Å²) in [6, 6.07) is 42.7. The number of benzene rings is 6. The fraction of sp³-hybridized carbons (Fsp3) is 0.208. The fourth-order valence-electron chi connectivity index (χ4n) is 5.48. The topological polar surface area (TPSA) is 55.4 Å². The zero-order valence-electron chi connectivity index (χ0n) is 36.3. The standard InChI is InChI=1S/C19H20F2O2.C18H18F2O2.C16H14F2O2/c1-2-3-14-22-17-10-6-15(7-11-17)4-5-16-8-12-18(13-9-16)23-19(20)21;1-2-13-21-16-9-5-14(6-10-16)3-4-15-7-11-17(12-8-15)22-18(19)20;1-19-14-8-4-12(5-9-14)2-3-13-6-10-15(11-7-13)20-16(17)18/h4-13,19H,2-3,14H2,1H3;3-12,18H,2,13H2,1H3;2-11,16H,1H3. The van der Waals surface area contributed by atoms with E-state index in [0.717, 1.165) is 76.5 Å². The first-order chi connectivity index (χ1) is 31.5. The molecule has 0 N–H and O–H groups in total. The molecule has 0 aliphatic carbocycles. The summed E-state index contributed by atoms with van der Waals surface area (Å²) in [4.78, 5) is 0. The van der Waals surface area contributed by atoms with Gasteiger partial charge in [0, 0.05) is 0 Å². The summed E-state index contributed by atoms with van der Waals surface area (Å²) in [6.07, 6.45) is 14.7. The van der Waals surface area contributed by atoms with E-state index in [1.165, 1.54) is 36.4 Å². The zero-order valence-corrected chi connectivity index (χ0v) is 36.3. The molecule has 6 rings (SSSR count). The van der Waals surface area contributed by atoms with Gasteiger partial charge in [-0.15, -0.1) is 0 Å². The number of methoxy groups -OCH3 is 1. The average Bonchev–Trinajstić information content (AvgIpc) is 3.31. The van der Waals surface area contributed by atoms with Crippen molar-refractivity contribution in [3.05, 3.63) is 179 Å². The highest BCUT2D eigenvalue weighted by Crippen LogP contribution is 2.21. The molecular formula is C53H52F6O6. The van der Waals surface area contributed by atoms with Crippen LogP contribution in [0.25, 0.3) is 36.5 Å². The SMILES string of the molecule is CCCCOc1ccc(C=Cc2ccc(OC(F)F)cc2)cc1.CCCOc1ccc(C=Cc2ccc(OC(F)F)cc2)cc1.COc1ccc(C=Cc2ccc(OC(F)F)cc2)cc1. The van der Waals surface area contributed by atoms with Crippen molar-refractivity contribution in [1.29, 1.82) is 0 Å². The van der Waals surface area contributed by atoms with E-state index in [2.05, 4.69) is 28.1 Å². The third-order valence-electron chi connectivity index (χ3n) is 8.84. The zero-order chi connectivity index (χ0) is 46.7. The number of hydrogen-bond acceptors (Lipinski definition) is 6. The minimum atomic E-state index is -2.80. The molecule has 0 bridgehead atoms. The molecular weight excluding hydrogens is 847 g/mol. The molecule has 0 spiro atoms. The lowest BCUT2D eigenvalue weighted by molar-refractivity contribution is -0.0505. The van der Waals surface area contributed by atoms with Crippen LogP contribution in [0.1, 0.15) is 66.5 Å². The van der Waals surface area contributed by atoms with Gasteiger partial charge in [0.15, 0.2) is 0 Å². The van der Waals surface area contributed by atoms with Crippen LogP contribution in [0.15, 0.2) is 146 Å². The molecule has 0 radical (unpaired) electrons. The van der Waals surface area contributed by atoms with Crippen molar-refractivity contribution in [3.63, 3.8) is 0 Å². The predicted molar refractivity (Wildman–Crippen MR) is 248 cm³/mol. The maximum atomic E-state index is 12.1. The van der Waals surface area contributed by atoms with Crippen LogP contribution >= 0.6 is 0 Å². The summed E-state index contributed by atoms with van der Waals surface area (Å²) >= 11 is 0. The van der Waals surface area contributed by atoms with E-state index >= 15 is 0 Å². The van der Waals surface area contributed by atoms with Gasteiger partial charge in [-0.05, 0) is 119 Å². The van der Waals surface area contributed by atoms with Crippen molar-refractivity contribution in [2.45, 2.75) is 52.9 Å². The van der Waals surface area contributed by atoms with E-state index in [4.69, 9.17) is 14.2 Å². The molecule has 0 saturated carbocycles. The van der Waals surface area contributed by atoms with Crippen LogP contribution < -0.4 is 28.4 Å². The van der Waals surface area contributed by atoms with E-state index in [9.17, 15) is 26.3 Å². The highest BCUT2D eigenvalue weighted by atomic mass is 19.3. The molecule has 0 unspecified atom stereocenters. The monoisotopic (exact) mass is 898 g/mol. The van der Waals surface area contributed by atoms with Gasteiger partial charge < -0.3 is 28.4 Å². The van der Waals surface area contributed by atoms with Crippen LogP contribution in [0.4, 0.5) is 26.3 Å². The maximum absolute atomic E-state index is 12.1. The lowest BCUT2D eigenvalue weighted by Crippen LogP contribution is -2.01. The van der Waals surface area contributed by atoms with Gasteiger partial charge in [-0.3, -0.25) is 0 Å². The summed E-state index contributed by atoms with van der Waals surface area (Å²) in [6.45, 7) is -2.75. The molecule has 0 saturated heterocycles. The van der Waals surface area contributed by atoms with E-state index < -0.39 is 19.8 Å². The quantitative estimate of drug-likeness (QED) is 0.0432. The number of rotatable bonds is 20. The van der Waals surface area contributed by atoms with Crippen LogP contribution in [-0.4, -0.2) is 40.2 Å². The number of hydrogen-bond donors (Lipinski definition) is 0. The first-order valence-electron chi connectivity index (χ1n) is 20.8. The van der Waals surface area contributed by atoms with Gasteiger partial charge in [0.05, 0.1) is 20.3 Å². The van der Waals surface area contributed by atoms with Crippen LogP contribution in [0.2, 0.25) is 0 Å². The van der Waals surface area contributed by atoms with Gasteiger partial charge in [-0.1, -0.05) is 130 Å². The number of alkyl halides is 6. The Bertz CT molecular complexity index is 2280. The number of ether oxygens (including phenoxy) is 6. The summed E-state index contributed by atoms with van der Waals surface area (Å²) in [5, 5.41) is 0. The van der Waals surface area contributed by atoms with Crippen LogP contribution in [0, 0.1) is 0 Å². The molecule has 0 aromatic heterocycles. The molecule has 0 aliphatic heterocycles. The lowest BCUT2D eigenvalue weighted by atomic mass is 10.1. The first kappa shape index (κ1) is 50.6. The van der Waals surface area contributed by atoms with Gasteiger partial charge >= 0.3 is 19.8 Å². The third kappa shape index (κ3) is 20.8. The summed E-state index contributed by atoms with van der Waals surface area (Å²) in [5.41, 5.74) is 5.83. The highest BCUT2D eigenvalue weighted by Gasteiger charge is 2.05. The third-order valence-corrected chi connectivity index (χ3v) is 8.84. The Hall–Kier alpha value is -7.08. The van der Waals surface area contributed by atoms with Crippen LogP contribution in [0.5, 0.6) is 34.5 Å². The largest absolute Gasteiger partial charge is 0.497 e. The normalized spacial score (nSPS) is 11.1. The van der Waals surface area contributed by atoms with Gasteiger partial charge in [-0.25, -0.2) is 0 Å². The molecule has 342 valence electrons. The highest BCUT2D eigenvalue weighted by molar-refractivity contribution is 5.71. The van der Waals surface area contributed by atoms with Crippen molar-refractivity contribution in [2.24, 2.45) is 0 Å². The minimum absolute atomic E-state index is 0.154. The number of unbranched alkanes of at least 4 members (excludes halogenated alkanes) is 1.